The Labute approximate surface area is 147 Å². The van der Waals surface area contributed by atoms with E-state index in [2.05, 4.69) is 5.32 Å². The van der Waals surface area contributed by atoms with Crippen LogP contribution in [0.5, 0.6) is 0 Å². The zero-order valence-corrected chi connectivity index (χ0v) is 14.1. The third-order valence-corrected chi connectivity index (χ3v) is 4.02. The van der Waals surface area contributed by atoms with Gasteiger partial charge in [0.1, 0.15) is 0 Å². The highest BCUT2D eigenvalue weighted by molar-refractivity contribution is 5.81. The van der Waals surface area contributed by atoms with Gasteiger partial charge in [0.25, 0.3) is 5.91 Å². The van der Waals surface area contributed by atoms with Crippen LogP contribution < -0.4 is 5.32 Å². The lowest BCUT2D eigenvalue weighted by molar-refractivity contribution is -0.148. The van der Waals surface area contributed by atoms with Gasteiger partial charge >= 0.3 is 0 Å². The van der Waals surface area contributed by atoms with Gasteiger partial charge < -0.3 is 19.5 Å². The molecule has 0 aromatic heterocycles. The molecule has 1 N–H and O–H groups in total. The maximum atomic E-state index is 12.4. The van der Waals surface area contributed by atoms with Crippen LogP contribution in [0, 0.1) is 0 Å². The smallest absolute Gasteiger partial charge is 0.252 e. The van der Waals surface area contributed by atoms with Crippen LogP contribution in [-0.4, -0.2) is 38.4 Å². The number of nitrogens with one attached hydrogen (secondary N) is 1. The SMILES string of the molecule is O=C(N[C@H](COCc1ccccc1)c1ccccc1)[C@H]1COCCO1. The van der Waals surface area contributed by atoms with Crippen LogP contribution in [0.1, 0.15) is 17.2 Å². The summed E-state index contributed by atoms with van der Waals surface area (Å²) in [5, 5.41) is 3.02. The van der Waals surface area contributed by atoms with E-state index in [9.17, 15) is 4.79 Å². The summed E-state index contributed by atoms with van der Waals surface area (Å²) in [4.78, 5) is 12.4. The minimum Gasteiger partial charge on any atom is -0.376 e. The molecule has 5 heteroatoms. The van der Waals surface area contributed by atoms with E-state index in [0.29, 0.717) is 26.4 Å². The number of hydrogen-bond acceptors (Lipinski definition) is 4. The van der Waals surface area contributed by atoms with Crippen molar-refractivity contribution in [3.8, 4) is 0 Å². The molecule has 0 bridgehead atoms. The van der Waals surface area contributed by atoms with Crippen molar-refractivity contribution in [3.63, 3.8) is 0 Å². The second-order valence-corrected chi connectivity index (χ2v) is 5.91. The van der Waals surface area contributed by atoms with Gasteiger partial charge in [-0.1, -0.05) is 60.7 Å². The highest BCUT2D eigenvalue weighted by atomic mass is 16.6. The average molecular weight is 341 g/mol. The first-order valence-electron chi connectivity index (χ1n) is 8.49. The molecule has 2 atom stereocenters. The molecule has 1 aliphatic heterocycles. The Bertz CT molecular complexity index is 641. The van der Waals surface area contributed by atoms with Gasteiger partial charge in [-0.3, -0.25) is 4.79 Å². The van der Waals surface area contributed by atoms with Gasteiger partial charge in [0.05, 0.1) is 39.1 Å². The summed E-state index contributed by atoms with van der Waals surface area (Å²) in [6, 6.07) is 19.6. The fraction of sp³-hybridized carbons (Fsp3) is 0.350. The summed E-state index contributed by atoms with van der Waals surface area (Å²) >= 11 is 0. The molecule has 0 radical (unpaired) electrons. The predicted octanol–water partition coefficient (Wildman–Crippen LogP) is 2.48. The van der Waals surface area contributed by atoms with Crippen LogP contribution >= 0.6 is 0 Å². The minimum absolute atomic E-state index is 0.170. The molecule has 1 saturated heterocycles. The van der Waals surface area contributed by atoms with E-state index in [4.69, 9.17) is 14.2 Å². The molecule has 2 aromatic rings. The summed E-state index contributed by atoms with van der Waals surface area (Å²) in [5.41, 5.74) is 2.10. The van der Waals surface area contributed by atoms with Crippen LogP contribution in [0.4, 0.5) is 0 Å². The van der Waals surface area contributed by atoms with E-state index in [0.717, 1.165) is 11.1 Å². The summed E-state index contributed by atoms with van der Waals surface area (Å²) in [5.74, 6) is -0.170. The van der Waals surface area contributed by atoms with Gasteiger partial charge in [0.2, 0.25) is 0 Å². The number of rotatable bonds is 7. The molecule has 1 heterocycles. The van der Waals surface area contributed by atoms with Crippen molar-refractivity contribution < 1.29 is 19.0 Å². The van der Waals surface area contributed by atoms with E-state index < -0.39 is 6.10 Å². The molecule has 0 aliphatic carbocycles. The molecule has 5 nitrogen and oxygen atoms in total. The van der Waals surface area contributed by atoms with E-state index in [-0.39, 0.29) is 18.6 Å². The van der Waals surface area contributed by atoms with Crippen LogP contribution in [0.15, 0.2) is 60.7 Å². The van der Waals surface area contributed by atoms with E-state index in [1.807, 2.05) is 60.7 Å². The first-order chi connectivity index (χ1) is 12.3. The van der Waals surface area contributed by atoms with E-state index in [1.165, 1.54) is 0 Å². The van der Waals surface area contributed by atoms with Crippen molar-refractivity contribution in [3.05, 3.63) is 71.8 Å². The monoisotopic (exact) mass is 341 g/mol. The standard InChI is InChI=1S/C20H23NO4/c22-20(19-15-23-11-12-25-19)21-18(17-9-5-2-6-10-17)14-24-13-16-7-3-1-4-8-16/h1-10,18-19H,11-15H2,(H,21,22)/t18-,19-/m1/s1. The van der Waals surface area contributed by atoms with Crippen molar-refractivity contribution >= 4 is 5.91 Å². The van der Waals surface area contributed by atoms with E-state index in [1.54, 1.807) is 0 Å². The van der Waals surface area contributed by atoms with Gasteiger partial charge in [0.15, 0.2) is 6.10 Å². The molecule has 1 aliphatic rings. The Morgan fingerprint density at radius 3 is 2.48 bits per heavy atom. The van der Waals surface area contributed by atoms with Crippen molar-refractivity contribution in [2.24, 2.45) is 0 Å². The summed E-state index contributed by atoms with van der Waals surface area (Å²) in [6.45, 7) is 2.16. The number of ether oxygens (including phenoxy) is 3. The molecule has 0 saturated carbocycles. The lowest BCUT2D eigenvalue weighted by Crippen LogP contribution is -2.44. The maximum Gasteiger partial charge on any atom is 0.252 e. The van der Waals surface area contributed by atoms with Gasteiger partial charge in [-0.25, -0.2) is 0 Å². The quantitative estimate of drug-likeness (QED) is 0.841. The third-order valence-electron chi connectivity index (χ3n) is 4.02. The van der Waals surface area contributed by atoms with Crippen molar-refractivity contribution in [2.45, 2.75) is 18.8 Å². The third kappa shape index (κ3) is 5.39. The number of hydrogen-bond donors (Lipinski definition) is 1. The summed E-state index contributed by atoms with van der Waals surface area (Å²) in [6.07, 6.45) is -0.561. The molecule has 0 unspecified atom stereocenters. The molecular formula is C20H23NO4. The van der Waals surface area contributed by atoms with Crippen molar-refractivity contribution in [2.75, 3.05) is 26.4 Å². The summed E-state index contributed by atoms with van der Waals surface area (Å²) in [7, 11) is 0. The van der Waals surface area contributed by atoms with E-state index >= 15 is 0 Å². The fourth-order valence-electron chi connectivity index (χ4n) is 2.68. The Kier molecular flexibility index (Phi) is 6.56. The second-order valence-electron chi connectivity index (χ2n) is 5.91. The Balaban J connectivity index is 1.60. The Morgan fingerprint density at radius 1 is 1.08 bits per heavy atom. The summed E-state index contributed by atoms with van der Waals surface area (Å²) < 4.78 is 16.6. The molecule has 0 spiro atoms. The van der Waals surface area contributed by atoms with Crippen molar-refractivity contribution in [1.82, 2.24) is 5.32 Å². The molecule has 132 valence electrons. The first kappa shape index (κ1) is 17.6. The minimum atomic E-state index is -0.561. The number of carbonyl (C=O) groups is 1. The highest BCUT2D eigenvalue weighted by Gasteiger charge is 2.25. The van der Waals surface area contributed by atoms with Gasteiger partial charge in [-0.2, -0.15) is 0 Å². The molecular weight excluding hydrogens is 318 g/mol. The predicted molar refractivity (Wildman–Crippen MR) is 94.0 cm³/mol. The molecule has 1 fully saturated rings. The number of carbonyl (C=O) groups excluding carboxylic acids is 1. The maximum absolute atomic E-state index is 12.4. The molecule has 2 aromatic carbocycles. The lowest BCUT2D eigenvalue weighted by Gasteiger charge is -2.25. The van der Waals surface area contributed by atoms with Gasteiger partial charge in [0, 0.05) is 0 Å². The lowest BCUT2D eigenvalue weighted by atomic mass is 10.1. The molecule has 1 amide bonds. The molecule has 3 rings (SSSR count). The fourth-order valence-corrected chi connectivity index (χ4v) is 2.68. The number of benzene rings is 2. The average Bonchev–Trinajstić information content (AvgIpc) is 2.69. The zero-order chi connectivity index (χ0) is 17.3. The second kappa shape index (κ2) is 9.32. The van der Waals surface area contributed by atoms with Crippen molar-refractivity contribution in [1.29, 1.82) is 0 Å². The first-order valence-corrected chi connectivity index (χ1v) is 8.49. The topological polar surface area (TPSA) is 56.8 Å². The highest BCUT2D eigenvalue weighted by Crippen LogP contribution is 2.15. The normalized spacial score (nSPS) is 18.5. The van der Waals surface area contributed by atoms with Crippen LogP contribution in [-0.2, 0) is 25.6 Å². The molecule has 25 heavy (non-hydrogen) atoms. The van der Waals surface area contributed by atoms with Crippen LogP contribution in [0.25, 0.3) is 0 Å². The van der Waals surface area contributed by atoms with Crippen LogP contribution in [0.3, 0.4) is 0 Å². The largest absolute Gasteiger partial charge is 0.376 e. The van der Waals surface area contributed by atoms with Crippen LogP contribution in [0.2, 0.25) is 0 Å². The van der Waals surface area contributed by atoms with Gasteiger partial charge in [-0.15, -0.1) is 0 Å². The number of amides is 1. The Hall–Kier alpha value is -2.21. The Morgan fingerprint density at radius 2 is 1.80 bits per heavy atom. The zero-order valence-electron chi connectivity index (χ0n) is 14.1. The van der Waals surface area contributed by atoms with Gasteiger partial charge in [-0.05, 0) is 11.1 Å².